The molecule has 0 fully saturated rings. The predicted molar refractivity (Wildman–Crippen MR) is 68.4 cm³/mol. The van der Waals surface area contributed by atoms with Crippen molar-refractivity contribution < 1.29 is 5.11 Å². The average molecular weight is 249 g/mol. The topological polar surface area (TPSA) is 50.9 Å². The molecule has 1 aromatic heterocycles. The Morgan fingerprint density at radius 1 is 1.18 bits per heavy atom. The Hall–Kier alpha value is -1.33. The van der Waals surface area contributed by atoms with E-state index in [4.69, 9.17) is 5.11 Å². The Balaban J connectivity index is 1.92. The first-order valence-electron chi connectivity index (χ1n) is 5.61. The van der Waals surface area contributed by atoms with Crippen molar-refractivity contribution >= 4 is 11.8 Å². The number of para-hydroxylation sites is 1. The fraction of sp³-hybridized carbons (Fsp3) is 0.333. The van der Waals surface area contributed by atoms with E-state index in [1.54, 1.807) is 22.8 Å². The Kier molecular flexibility index (Phi) is 4.58. The highest BCUT2D eigenvalue weighted by Gasteiger charge is 2.02. The fourth-order valence-corrected chi connectivity index (χ4v) is 2.19. The lowest BCUT2D eigenvalue weighted by atomic mass is 10.3. The Bertz CT molecular complexity index is 444. The van der Waals surface area contributed by atoms with Gasteiger partial charge in [-0.15, -0.1) is 5.10 Å². The van der Waals surface area contributed by atoms with Crippen LogP contribution in [0.5, 0.6) is 0 Å². The van der Waals surface area contributed by atoms with Crippen molar-refractivity contribution in [1.29, 1.82) is 0 Å². The monoisotopic (exact) mass is 249 g/mol. The summed E-state index contributed by atoms with van der Waals surface area (Å²) in [5.41, 5.74) is 1.02. The molecule has 1 aromatic carbocycles. The van der Waals surface area contributed by atoms with E-state index in [1.807, 2.05) is 30.3 Å². The Morgan fingerprint density at radius 2 is 2.00 bits per heavy atom. The molecule has 0 saturated carbocycles. The third kappa shape index (κ3) is 3.57. The maximum absolute atomic E-state index is 8.67. The third-order valence-corrected chi connectivity index (χ3v) is 3.21. The van der Waals surface area contributed by atoms with Crippen LogP contribution in [0, 0.1) is 0 Å². The SMILES string of the molecule is OCCCCSc1ncn(-c2ccccc2)n1. The van der Waals surface area contributed by atoms with Crippen LogP contribution in [0.25, 0.3) is 5.69 Å². The number of hydrogen-bond donors (Lipinski definition) is 1. The highest BCUT2D eigenvalue weighted by molar-refractivity contribution is 7.99. The first kappa shape index (κ1) is 12.1. The molecule has 0 unspecified atom stereocenters. The van der Waals surface area contributed by atoms with Gasteiger partial charge in [0.15, 0.2) is 0 Å². The van der Waals surface area contributed by atoms with Gasteiger partial charge in [-0.3, -0.25) is 0 Å². The van der Waals surface area contributed by atoms with Crippen LogP contribution in [0.15, 0.2) is 41.8 Å². The molecular weight excluding hydrogens is 234 g/mol. The summed E-state index contributed by atoms with van der Waals surface area (Å²) >= 11 is 1.62. The zero-order valence-electron chi connectivity index (χ0n) is 9.49. The summed E-state index contributed by atoms with van der Waals surface area (Å²) in [7, 11) is 0. The second-order valence-corrected chi connectivity index (χ2v) is 4.65. The fourth-order valence-electron chi connectivity index (χ4n) is 1.40. The number of aliphatic hydroxyl groups excluding tert-OH is 1. The Morgan fingerprint density at radius 3 is 2.76 bits per heavy atom. The van der Waals surface area contributed by atoms with E-state index < -0.39 is 0 Å². The maximum Gasteiger partial charge on any atom is 0.208 e. The third-order valence-electron chi connectivity index (χ3n) is 2.28. The van der Waals surface area contributed by atoms with E-state index in [0.29, 0.717) is 0 Å². The Labute approximate surface area is 105 Å². The zero-order valence-corrected chi connectivity index (χ0v) is 10.3. The molecule has 17 heavy (non-hydrogen) atoms. The van der Waals surface area contributed by atoms with Gasteiger partial charge in [0.25, 0.3) is 0 Å². The lowest BCUT2D eigenvalue weighted by Gasteiger charge is -1.98. The van der Waals surface area contributed by atoms with Crippen molar-refractivity contribution in [2.24, 2.45) is 0 Å². The summed E-state index contributed by atoms with van der Waals surface area (Å²) in [5.74, 6) is 0.944. The quantitative estimate of drug-likeness (QED) is 0.629. The number of thioether (sulfide) groups is 1. The minimum Gasteiger partial charge on any atom is -0.396 e. The van der Waals surface area contributed by atoms with Crippen molar-refractivity contribution in [3.63, 3.8) is 0 Å². The first-order valence-corrected chi connectivity index (χ1v) is 6.59. The van der Waals surface area contributed by atoms with Crippen LogP contribution in [0.4, 0.5) is 0 Å². The van der Waals surface area contributed by atoms with Crippen molar-refractivity contribution in [1.82, 2.24) is 14.8 Å². The van der Waals surface area contributed by atoms with E-state index in [9.17, 15) is 0 Å². The van der Waals surface area contributed by atoms with Crippen molar-refractivity contribution in [2.75, 3.05) is 12.4 Å². The molecule has 4 nitrogen and oxygen atoms in total. The summed E-state index contributed by atoms with van der Waals surface area (Å²) in [6.07, 6.45) is 3.55. The largest absolute Gasteiger partial charge is 0.396 e. The van der Waals surface area contributed by atoms with Crippen LogP contribution in [0.3, 0.4) is 0 Å². The number of rotatable bonds is 6. The molecule has 0 radical (unpaired) electrons. The molecule has 0 atom stereocenters. The summed E-state index contributed by atoms with van der Waals surface area (Å²) in [6.45, 7) is 0.256. The molecule has 0 spiro atoms. The molecule has 0 aliphatic rings. The van der Waals surface area contributed by atoms with Crippen LogP contribution >= 0.6 is 11.8 Å². The van der Waals surface area contributed by atoms with Gasteiger partial charge in [-0.05, 0) is 25.0 Å². The standard InChI is InChI=1S/C12H15N3OS/c16-8-4-5-9-17-12-13-10-15(14-12)11-6-2-1-3-7-11/h1-3,6-7,10,16H,4-5,8-9H2. The van der Waals surface area contributed by atoms with Crippen LogP contribution in [0.2, 0.25) is 0 Å². The van der Waals surface area contributed by atoms with Gasteiger partial charge in [0.1, 0.15) is 6.33 Å². The minimum atomic E-state index is 0.256. The van der Waals surface area contributed by atoms with Gasteiger partial charge < -0.3 is 5.11 Å². The predicted octanol–water partition coefficient (Wildman–Crippen LogP) is 2.13. The highest BCUT2D eigenvalue weighted by Crippen LogP contribution is 2.15. The highest BCUT2D eigenvalue weighted by atomic mass is 32.2. The normalized spacial score (nSPS) is 10.6. The number of aliphatic hydroxyl groups is 1. The number of aromatic nitrogens is 3. The van der Waals surface area contributed by atoms with E-state index in [2.05, 4.69) is 10.1 Å². The molecule has 0 aliphatic carbocycles. The zero-order chi connectivity index (χ0) is 11.9. The number of benzene rings is 1. The summed E-state index contributed by atoms with van der Waals surface area (Å²) < 4.78 is 1.77. The molecule has 2 aromatic rings. The number of nitrogens with zero attached hydrogens (tertiary/aromatic N) is 3. The minimum absolute atomic E-state index is 0.256. The van der Waals surface area contributed by atoms with E-state index in [1.165, 1.54) is 0 Å². The van der Waals surface area contributed by atoms with Gasteiger partial charge in [0.05, 0.1) is 5.69 Å². The van der Waals surface area contributed by atoms with Crippen LogP contribution in [0.1, 0.15) is 12.8 Å². The molecule has 1 N–H and O–H groups in total. The van der Waals surface area contributed by atoms with Crippen molar-refractivity contribution in [3.05, 3.63) is 36.7 Å². The molecule has 0 saturated heterocycles. The van der Waals surface area contributed by atoms with Gasteiger partial charge >= 0.3 is 0 Å². The first-order chi connectivity index (χ1) is 8.40. The van der Waals surface area contributed by atoms with Crippen molar-refractivity contribution in [3.8, 4) is 5.69 Å². The van der Waals surface area contributed by atoms with Gasteiger partial charge in [-0.1, -0.05) is 30.0 Å². The van der Waals surface area contributed by atoms with E-state index in [0.717, 1.165) is 29.4 Å². The van der Waals surface area contributed by atoms with Gasteiger partial charge in [-0.25, -0.2) is 9.67 Å². The lowest BCUT2D eigenvalue weighted by molar-refractivity contribution is 0.287. The molecule has 90 valence electrons. The molecular formula is C12H15N3OS. The van der Waals surface area contributed by atoms with Gasteiger partial charge in [0, 0.05) is 12.4 Å². The van der Waals surface area contributed by atoms with Crippen LogP contribution < -0.4 is 0 Å². The smallest absolute Gasteiger partial charge is 0.208 e. The van der Waals surface area contributed by atoms with Gasteiger partial charge in [-0.2, -0.15) is 0 Å². The summed E-state index contributed by atoms with van der Waals surface area (Å²) in [6, 6.07) is 9.92. The molecule has 0 bridgehead atoms. The molecule has 0 aliphatic heterocycles. The van der Waals surface area contributed by atoms with E-state index in [-0.39, 0.29) is 6.61 Å². The lowest BCUT2D eigenvalue weighted by Crippen LogP contribution is -1.94. The molecule has 1 heterocycles. The second-order valence-electron chi connectivity index (χ2n) is 3.59. The number of hydrogen-bond acceptors (Lipinski definition) is 4. The average Bonchev–Trinajstić information content (AvgIpc) is 2.85. The molecule has 0 amide bonds. The van der Waals surface area contributed by atoms with Crippen LogP contribution in [-0.4, -0.2) is 32.2 Å². The van der Waals surface area contributed by atoms with E-state index >= 15 is 0 Å². The summed E-state index contributed by atoms with van der Waals surface area (Å²) in [5, 5.41) is 13.8. The summed E-state index contributed by atoms with van der Waals surface area (Å²) in [4.78, 5) is 4.24. The molecule has 5 heteroatoms. The maximum atomic E-state index is 8.67. The molecule has 2 rings (SSSR count). The van der Waals surface area contributed by atoms with Crippen LogP contribution in [-0.2, 0) is 0 Å². The van der Waals surface area contributed by atoms with Crippen molar-refractivity contribution in [2.45, 2.75) is 18.0 Å². The number of unbranched alkanes of at least 4 members (excludes halogenated alkanes) is 1. The van der Waals surface area contributed by atoms with Gasteiger partial charge in [0.2, 0.25) is 5.16 Å². The second kappa shape index (κ2) is 6.42.